The van der Waals surface area contributed by atoms with Crippen LogP contribution in [-0.4, -0.2) is 36.9 Å². The van der Waals surface area contributed by atoms with E-state index in [0.29, 0.717) is 0 Å². The summed E-state index contributed by atoms with van der Waals surface area (Å²) in [6.07, 6.45) is 2.44. The average Bonchev–Trinajstić information content (AvgIpc) is 2.26. The Morgan fingerprint density at radius 2 is 2.05 bits per heavy atom. The van der Waals surface area contributed by atoms with Crippen LogP contribution in [0.25, 0.3) is 0 Å². The minimum absolute atomic E-state index is 0.127. The second-order valence-corrected chi connectivity index (χ2v) is 6.52. The van der Waals surface area contributed by atoms with Crippen molar-refractivity contribution in [1.29, 1.82) is 0 Å². The Balaban J connectivity index is 2.44. The zero-order valence-electron chi connectivity index (χ0n) is 10.3. The predicted octanol–water partition coefficient (Wildman–Crippen LogP) is 1.70. The van der Waals surface area contributed by atoms with Crippen molar-refractivity contribution >= 4 is 16.0 Å². The summed E-state index contributed by atoms with van der Waals surface area (Å²) in [5.41, 5.74) is -0.248. The maximum Gasteiger partial charge on any atom is 0.335 e. The Hall–Kier alpha value is -1.47. The van der Waals surface area contributed by atoms with Gasteiger partial charge in [-0.25, -0.2) is 17.6 Å². The van der Waals surface area contributed by atoms with Gasteiger partial charge in [0.15, 0.2) is 0 Å². The van der Waals surface area contributed by atoms with Crippen LogP contribution in [0.5, 0.6) is 0 Å². The number of carbonyl (C=O) groups is 1. The van der Waals surface area contributed by atoms with Crippen molar-refractivity contribution < 1.29 is 22.7 Å². The Labute approximate surface area is 110 Å². The lowest BCUT2D eigenvalue weighted by molar-refractivity contribution is 0.0696. The maximum atomic E-state index is 13.7. The number of hydrogen-bond acceptors (Lipinski definition) is 3. The van der Waals surface area contributed by atoms with Crippen molar-refractivity contribution in [3.63, 3.8) is 0 Å². The molecule has 1 aliphatic rings. The van der Waals surface area contributed by atoms with Crippen LogP contribution in [-0.2, 0) is 10.0 Å². The first-order valence-corrected chi connectivity index (χ1v) is 7.29. The van der Waals surface area contributed by atoms with E-state index < -0.39 is 26.7 Å². The summed E-state index contributed by atoms with van der Waals surface area (Å²) in [5, 5.41) is 8.84. The van der Waals surface area contributed by atoms with Crippen molar-refractivity contribution in [2.75, 3.05) is 7.05 Å². The smallest absolute Gasteiger partial charge is 0.335 e. The molecule has 1 aromatic rings. The van der Waals surface area contributed by atoms with E-state index in [2.05, 4.69) is 0 Å². The van der Waals surface area contributed by atoms with Crippen molar-refractivity contribution in [2.24, 2.45) is 0 Å². The highest BCUT2D eigenvalue weighted by Gasteiger charge is 2.33. The summed E-state index contributed by atoms with van der Waals surface area (Å²) in [6.45, 7) is 0. The average molecular weight is 287 g/mol. The van der Waals surface area contributed by atoms with Crippen molar-refractivity contribution in [3.8, 4) is 0 Å². The fourth-order valence-corrected chi connectivity index (χ4v) is 3.44. The van der Waals surface area contributed by atoms with Gasteiger partial charge in [0.2, 0.25) is 10.0 Å². The SMILES string of the molecule is CN(C1CCC1)S(=O)(=O)c1cc(C(=O)O)ccc1F. The monoisotopic (exact) mass is 287 g/mol. The summed E-state index contributed by atoms with van der Waals surface area (Å²) in [7, 11) is -2.60. The van der Waals surface area contributed by atoms with Gasteiger partial charge in [-0.1, -0.05) is 6.42 Å². The number of carboxylic acid groups (broad SMARTS) is 1. The van der Waals surface area contributed by atoms with Crippen LogP contribution < -0.4 is 0 Å². The molecule has 2 rings (SSSR count). The van der Waals surface area contributed by atoms with Gasteiger partial charge >= 0.3 is 5.97 Å². The Morgan fingerprint density at radius 3 is 2.53 bits per heavy atom. The van der Waals surface area contributed by atoms with Gasteiger partial charge in [0.25, 0.3) is 0 Å². The molecular formula is C12H14FNO4S. The molecule has 0 aromatic heterocycles. The molecule has 0 heterocycles. The van der Waals surface area contributed by atoms with Gasteiger partial charge in [0.1, 0.15) is 10.7 Å². The number of hydrogen-bond donors (Lipinski definition) is 1. The van der Waals surface area contributed by atoms with E-state index in [4.69, 9.17) is 5.11 Å². The summed E-state index contributed by atoms with van der Waals surface area (Å²) in [6, 6.07) is 2.64. The van der Waals surface area contributed by atoms with Crippen LogP contribution in [0.4, 0.5) is 4.39 Å². The quantitative estimate of drug-likeness (QED) is 0.914. The highest BCUT2D eigenvalue weighted by molar-refractivity contribution is 7.89. The van der Waals surface area contributed by atoms with Crippen LogP contribution in [0, 0.1) is 5.82 Å². The van der Waals surface area contributed by atoms with Gasteiger partial charge in [0, 0.05) is 13.1 Å². The standard InChI is InChI=1S/C12H14FNO4S/c1-14(9-3-2-4-9)19(17,18)11-7-8(12(15)16)5-6-10(11)13/h5-7,9H,2-4H2,1H3,(H,15,16). The molecule has 0 saturated heterocycles. The van der Waals surface area contributed by atoms with E-state index in [0.717, 1.165) is 41.8 Å². The number of sulfonamides is 1. The molecule has 7 heteroatoms. The molecule has 1 aromatic carbocycles. The van der Waals surface area contributed by atoms with E-state index in [1.807, 2.05) is 0 Å². The molecule has 19 heavy (non-hydrogen) atoms. The normalized spacial score (nSPS) is 16.4. The second-order valence-electron chi connectivity index (χ2n) is 4.56. The third-order valence-corrected chi connectivity index (χ3v) is 5.35. The molecule has 1 N–H and O–H groups in total. The van der Waals surface area contributed by atoms with Gasteiger partial charge in [-0.3, -0.25) is 0 Å². The molecule has 1 aliphatic carbocycles. The molecule has 0 bridgehead atoms. The number of benzene rings is 1. The van der Waals surface area contributed by atoms with E-state index in [1.54, 1.807) is 0 Å². The van der Waals surface area contributed by atoms with Gasteiger partial charge in [-0.15, -0.1) is 0 Å². The van der Waals surface area contributed by atoms with Crippen LogP contribution in [0.1, 0.15) is 29.6 Å². The lowest BCUT2D eigenvalue weighted by atomic mass is 9.94. The van der Waals surface area contributed by atoms with Crippen LogP contribution >= 0.6 is 0 Å². The van der Waals surface area contributed by atoms with E-state index >= 15 is 0 Å². The number of nitrogens with zero attached hydrogens (tertiary/aromatic N) is 1. The minimum Gasteiger partial charge on any atom is -0.478 e. The maximum absolute atomic E-state index is 13.7. The van der Waals surface area contributed by atoms with Crippen LogP contribution in [0.2, 0.25) is 0 Å². The number of aromatic carboxylic acids is 1. The molecule has 1 saturated carbocycles. The number of carboxylic acids is 1. The van der Waals surface area contributed by atoms with Gasteiger partial charge in [-0.2, -0.15) is 4.31 Å². The molecule has 104 valence electrons. The first-order valence-electron chi connectivity index (χ1n) is 5.85. The Kier molecular flexibility index (Phi) is 3.60. The van der Waals surface area contributed by atoms with Crippen LogP contribution in [0.15, 0.2) is 23.1 Å². The fraction of sp³-hybridized carbons (Fsp3) is 0.417. The third kappa shape index (κ3) is 2.48. The Morgan fingerprint density at radius 1 is 1.42 bits per heavy atom. The number of halogens is 1. The molecule has 0 spiro atoms. The van der Waals surface area contributed by atoms with Crippen molar-refractivity contribution in [1.82, 2.24) is 4.31 Å². The predicted molar refractivity (Wildman–Crippen MR) is 65.9 cm³/mol. The Bertz CT molecular complexity index is 610. The molecule has 0 aliphatic heterocycles. The molecular weight excluding hydrogens is 273 g/mol. The molecule has 0 unspecified atom stereocenters. The zero-order valence-corrected chi connectivity index (χ0v) is 11.2. The van der Waals surface area contributed by atoms with Gasteiger partial charge in [0.05, 0.1) is 5.56 Å². The highest BCUT2D eigenvalue weighted by atomic mass is 32.2. The lowest BCUT2D eigenvalue weighted by Gasteiger charge is -2.33. The molecule has 0 amide bonds. The van der Waals surface area contributed by atoms with Crippen molar-refractivity contribution in [2.45, 2.75) is 30.2 Å². The summed E-state index contributed by atoms with van der Waals surface area (Å²) in [5.74, 6) is -2.22. The number of rotatable bonds is 4. The first-order chi connectivity index (χ1) is 8.84. The highest BCUT2D eigenvalue weighted by Crippen LogP contribution is 2.29. The topological polar surface area (TPSA) is 74.7 Å². The van der Waals surface area contributed by atoms with E-state index in [1.165, 1.54) is 7.05 Å². The largest absolute Gasteiger partial charge is 0.478 e. The van der Waals surface area contributed by atoms with Crippen molar-refractivity contribution in [3.05, 3.63) is 29.6 Å². The molecule has 0 radical (unpaired) electrons. The summed E-state index contributed by atoms with van der Waals surface area (Å²) >= 11 is 0. The molecule has 0 atom stereocenters. The minimum atomic E-state index is -3.99. The summed E-state index contributed by atoms with van der Waals surface area (Å²) < 4.78 is 39.3. The first kappa shape index (κ1) is 14.0. The van der Waals surface area contributed by atoms with Crippen LogP contribution in [0.3, 0.4) is 0 Å². The zero-order chi connectivity index (χ0) is 14.2. The second kappa shape index (κ2) is 4.90. The van der Waals surface area contributed by atoms with Gasteiger partial charge < -0.3 is 5.11 Å². The summed E-state index contributed by atoms with van der Waals surface area (Å²) in [4.78, 5) is 10.2. The molecule has 1 fully saturated rings. The molecule has 5 nitrogen and oxygen atoms in total. The lowest BCUT2D eigenvalue weighted by Crippen LogP contribution is -2.41. The fourth-order valence-electron chi connectivity index (χ4n) is 1.94. The van der Waals surface area contributed by atoms with E-state index in [-0.39, 0.29) is 11.6 Å². The van der Waals surface area contributed by atoms with Gasteiger partial charge in [-0.05, 0) is 31.0 Å². The third-order valence-electron chi connectivity index (χ3n) is 3.42. The van der Waals surface area contributed by atoms with E-state index in [9.17, 15) is 17.6 Å².